The average molecular weight is 1490 g/mol. The van der Waals surface area contributed by atoms with Crippen LogP contribution in [0, 0.1) is 0 Å². The van der Waals surface area contributed by atoms with Crippen LogP contribution in [0.15, 0.2) is 233 Å². The van der Waals surface area contributed by atoms with Gasteiger partial charge in [-0.2, -0.15) is 19.9 Å². The van der Waals surface area contributed by atoms with Crippen LogP contribution in [0.1, 0.15) is 57.8 Å². The number of aromatic hydroxyl groups is 4. The predicted octanol–water partition coefficient (Wildman–Crippen LogP) is 16.8. The summed E-state index contributed by atoms with van der Waals surface area (Å²) in [5, 5.41) is 63.8. The molecule has 12 aromatic rings. The van der Waals surface area contributed by atoms with Crippen molar-refractivity contribution in [1.29, 1.82) is 0 Å². The van der Waals surface area contributed by atoms with Crippen molar-refractivity contribution in [3.05, 3.63) is 215 Å². The Morgan fingerprint density at radius 1 is 0.347 bits per heavy atom. The summed E-state index contributed by atoms with van der Waals surface area (Å²) in [5.41, 5.74) is 7.65. The SMILES string of the molecule is Oc1ccc(-c2nc(-c3ccc(NC4CCNCC4)cc3)no2)cc1.Oc1ccc(-c2nc(-c3ccc(OC4CCC=C4Br)cc3)no2)cc1.Oc1ccc(-c2nc(-c3ccc(OC4CCCC=C4Br)cc3)no2)cc1.Oc1ccc(-c2nc(-c3ccc(OC4CCNCC4)cc3)no2)cc1. The van der Waals surface area contributed by atoms with Crippen molar-refractivity contribution in [3.8, 4) is 132 Å². The Morgan fingerprint density at radius 3 is 1.00 bits per heavy atom. The Hall–Kier alpha value is -10.9. The first-order valence-electron chi connectivity index (χ1n) is 33.3. The first-order chi connectivity index (χ1) is 49.4. The Balaban J connectivity index is 0.000000120. The molecule has 4 aliphatic rings. The number of phenols is 4. The quantitative estimate of drug-likeness (QED) is 0.0473. The van der Waals surface area contributed by atoms with Crippen LogP contribution < -0.4 is 30.2 Å². The number of anilines is 1. The van der Waals surface area contributed by atoms with Crippen molar-refractivity contribution in [1.82, 2.24) is 51.2 Å². The maximum absolute atomic E-state index is 9.36. The van der Waals surface area contributed by atoms with E-state index in [4.69, 9.17) is 32.3 Å². The molecule has 24 heteroatoms. The van der Waals surface area contributed by atoms with Gasteiger partial charge in [0.25, 0.3) is 23.6 Å². The van der Waals surface area contributed by atoms with E-state index < -0.39 is 0 Å². The number of phenolic OH excluding ortho intramolecular Hbond substituents is 4. The van der Waals surface area contributed by atoms with Gasteiger partial charge in [0, 0.05) is 65.2 Å². The molecule has 0 spiro atoms. The highest BCUT2D eigenvalue weighted by Crippen LogP contribution is 2.34. The van der Waals surface area contributed by atoms with Crippen LogP contribution in [0.4, 0.5) is 5.69 Å². The fraction of sp³-hybridized carbons (Fsp3) is 0.221. The number of benzene rings is 8. The molecule has 7 N–H and O–H groups in total. The van der Waals surface area contributed by atoms with Crippen LogP contribution in [0.25, 0.3) is 91.4 Å². The zero-order valence-electron chi connectivity index (χ0n) is 54.6. The number of halogens is 2. The normalized spacial score (nSPS) is 16.0. The Kier molecular flexibility index (Phi) is 22.6. The van der Waals surface area contributed by atoms with E-state index in [0.29, 0.717) is 52.9 Å². The standard InChI is InChI=1S/C20H17BrN2O3.C19H15BrN2O3.C19H20N4O2.C19H19N3O3/c21-17-3-1-2-4-18(17)25-16-11-7-13(8-12-16)19-22-20(26-23-19)14-5-9-15(24)10-6-14;20-16-2-1-3-17(16)24-15-10-6-12(7-11-15)18-21-19(25-22-18)13-4-8-14(23)9-5-13;24-17-7-3-14(4-8-17)19-22-18(23-25-19)13-1-5-15(6-2-13)21-16-9-11-20-12-10-16;23-15-5-1-14(2-6-15)19-21-18(22-25-19)13-3-7-16(8-4-13)24-17-9-11-20-12-10-17/h3,5-12,18,24H,1-2,4H2;2,4-11,17,23H,1,3H2;1-8,16,20-21,24H,9-12H2;1-8,17,20,23H,9-12H2. The molecule has 4 aromatic heterocycles. The lowest BCUT2D eigenvalue weighted by Crippen LogP contribution is -2.35. The Bertz CT molecular complexity index is 4510. The van der Waals surface area contributed by atoms with E-state index in [2.05, 4.69) is 101 Å². The second-order valence-corrected chi connectivity index (χ2v) is 26.0. The van der Waals surface area contributed by atoms with Gasteiger partial charge in [0.05, 0.1) is 0 Å². The number of nitrogens with zero attached hydrogens (tertiary/aromatic N) is 8. The van der Waals surface area contributed by atoms with E-state index in [-0.39, 0.29) is 41.3 Å². The van der Waals surface area contributed by atoms with Gasteiger partial charge in [-0.3, -0.25) is 0 Å². The summed E-state index contributed by atoms with van der Waals surface area (Å²) >= 11 is 7.11. The van der Waals surface area contributed by atoms with Crippen LogP contribution in [0.2, 0.25) is 0 Å². The lowest BCUT2D eigenvalue weighted by atomic mass is 10.1. The molecule has 16 rings (SSSR count). The third-order valence-corrected chi connectivity index (χ3v) is 18.6. The highest BCUT2D eigenvalue weighted by molar-refractivity contribution is 9.12. The molecule has 0 bridgehead atoms. The molecule has 2 aliphatic heterocycles. The summed E-state index contributed by atoms with van der Waals surface area (Å²) in [6.45, 7) is 4.15. The van der Waals surface area contributed by atoms with E-state index >= 15 is 0 Å². The van der Waals surface area contributed by atoms with Gasteiger partial charge in [0.15, 0.2) is 0 Å². The minimum atomic E-state index is 0.0841. The average Bonchev–Trinajstić information content (AvgIpc) is 1.72. The highest BCUT2D eigenvalue weighted by atomic mass is 79.9. The van der Waals surface area contributed by atoms with E-state index in [1.165, 1.54) is 0 Å². The molecule has 6 heterocycles. The summed E-state index contributed by atoms with van der Waals surface area (Å²) in [7, 11) is 0. The second kappa shape index (κ2) is 33.3. The molecule has 0 saturated carbocycles. The molecule has 2 fully saturated rings. The molecular weight excluding hydrogens is 1410 g/mol. The van der Waals surface area contributed by atoms with Crippen LogP contribution in [-0.4, -0.2) is 112 Å². The van der Waals surface area contributed by atoms with E-state index in [1.807, 2.05) is 97.1 Å². The summed E-state index contributed by atoms with van der Waals surface area (Å²) in [5.74, 6) is 7.07. The molecule has 22 nitrogen and oxygen atoms in total. The third-order valence-electron chi connectivity index (χ3n) is 16.9. The van der Waals surface area contributed by atoms with E-state index in [1.54, 1.807) is 97.1 Å². The van der Waals surface area contributed by atoms with Crippen molar-refractivity contribution >= 4 is 37.5 Å². The third kappa shape index (κ3) is 18.7. The smallest absolute Gasteiger partial charge is 0.258 e. The van der Waals surface area contributed by atoms with Gasteiger partial charge in [-0.05, 0) is 278 Å². The number of aromatic nitrogens is 8. The molecular formula is C77H71Br2N11O11. The monoisotopic (exact) mass is 1480 g/mol. The zero-order valence-corrected chi connectivity index (χ0v) is 57.8. The van der Waals surface area contributed by atoms with Gasteiger partial charge in [0.1, 0.15) is 58.6 Å². The minimum Gasteiger partial charge on any atom is -0.508 e. The first-order valence-corrected chi connectivity index (χ1v) is 34.9. The molecule has 8 aromatic carbocycles. The Morgan fingerprint density at radius 2 is 0.653 bits per heavy atom. The Labute approximate surface area is 598 Å². The predicted molar refractivity (Wildman–Crippen MR) is 389 cm³/mol. The number of hydrogen-bond donors (Lipinski definition) is 7. The number of rotatable bonds is 16. The van der Waals surface area contributed by atoms with Crippen LogP contribution in [-0.2, 0) is 0 Å². The molecule has 2 atom stereocenters. The summed E-state index contributed by atoms with van der Waals surface area (Å²) < 4.78 is 41.5. The minimum absolute atomic E-state index is 0.0841. The second-order valence-electron chi connectivity index (χ2n) is 24.2. The lowest BCUT2D eigenvalue weighted by molar-refractivity contribution is 0.162. The molecule has 2 unspecified atom stereocenters. The van der Waals surface area contributed by atoms with Gasteiger partial charge in [-0.15, -0.1) is 0 Å². The van der Waals surface area contributed by atoms with Gasteiger partial charge in [0.2, 0.25) is 23.3 Å². The summed E-state index contributed by atoms with van der Waals surface area (Å²) in [6, 6.07) is 58.3. The van der Waals surface area contributed by atoms with Crippen molar-refractivity contribution in [2.24, 2.45) is 0 Å². The first kappa shape index (κ1) is 68.6. The number of piperidine rings is 2. The molecule has 2 saturated heterocycles. The van der Waals surface area contributed by atoms with Crippen LogP contribution >= 0.6 is 31.9 Å². The fourth-order valence-electron chi connectivity index (χ4n) is 11.3. The molecule has 2 aliphatic carbocycles. The van der Waals surface area contributed by atoms with Crippen LogP contribution in [0.3, 0.4) is 0 Å². The summed E-state index contributed by atoms with van der Waals surface area (Å²) in [4.78, 5) is 17.7. The topological polar surface area (TPSA) is 300 Å². The van der Waals surface area contributed by atoms with Gasteiger partial charge in [-0.1, -0.05) is 64.6 Å². The molecule has 0 radical (unpaired) electrons. The number of nitrogens with one attached hydrogen (secondary N) is 3. The maximum Gasteiger partial charge on any atom is 0.258 e. The lowest BCUT2D eigenvalue weighted by Gasteiger charge is -2.24. The van der Waals surface area contributed by atoms with Crippen molar-refractivity contribution in [2.75, 3.05) is 31.5 Å². The number of ether oxygens (including phenoxy) is 3. The van der Waals surface area contributed by atoms with Gasteiger partial charge >= 0.3 is 0 Å². The van der Waals surface area contributed by atoms with Crippen molar-refractivity contribution in [3.63, 3.8) is 0 Å². The highest BCUT2D eigenvalue weighted by Gasteiger charge is 2.22. The van der Waals surface area contributed by atoms with Gasteiger partial charge in [-0.25, -0.2) is 0 Å². The molecule has 514 valence electrons. The van der Waals surface area contributed by atoms with Gasteiger partial charge < -0.3 is 68.7 Å². The van der Waals surface area contributed by atoms with Crippen LogP contribution in [0.5, 0.6) is 40.2 Å². The number of hydrogen-bond acceptors (Lipinski definition) is 22. The number of allylic oxidation sites excluding steroid dienone is 2. The zero-order chi connectivity index (χ0) is 69.3. The largest absolute Gasteiger partial charge is 0.508 e. The fourth-order valence-corrected chi connectivity index (χ4v) is 12.4. The maximum atomic E-state index is 9.36. The molecule has 0 amide bonds. The summed E-state index contributed by atoms with van der Waals surface area (Å²) in [6.07, 6.45) is 14.4. The van der Waals surface area contributed by atoms with E-state index in [0.717, 1.165) is 160 Å². The molecule has 101 heavy (non-hydrogen) atoms. The van der Waals surface area contributed by atoms with Crippen molar-refractivity contribution < 1.29 is 52.7 Å². The van der Waals surface area contributed by atoms with E-state index in [9.17, 15) is 20.4 Å². The van der Waals surface area contributed by atoms with Crippen molar-refractivity contribution in [2.45, 2.75) is 82.1 Å².